The Kier molecular flexibility index (Phi) is 5.00. The molecule has 0 unspecified atom stereocenters. The molecule has 1 saturated carbocycles. The number of nitrogens with zero attached hydrogens (tertiary/aromatic N) is 2. The van der Waals surface area contributed by atoms with Gasteiger partial charge in [0.1, 0.15) is 6.07 Å². The monoisotopic (exact) mass is 337 g/mol. The van der Waals surface area contributed by atoms with E-state index >= 15 is 0 Å². The van der Waals surface area contributed by atoms with Gasteiger partial charge in [-0.3, -0.25) is 9.59 Å². The molecule has 7 nitrogen and oxygen atoms in total. The number of carbonyl (C=O) groups is 3. The van der Waals surface area contributed by atoms with E-state index in [-0.39, 0.29) is 30.5 Å². The van der Waals surface area contributed by atoms with E-state index in [2.05, 4.69) is 11.4 Å². The molecular weight excluding hydrogens is 318 g/mol. The average Bonchev–Trinajstić information content (AvgIpc) is 2.88. The number of carbonyl (C=O) groups excluding carboxylic acids is 3. The Balaban J connectivity index is 1.96. The van der Waals surface area contributed by atoms with Gasteiger partial charge in [0.05, 0.1) is 17.4 Å². The first-order valence-electron chi connectivity index (χ1n) is 7.32. The molecule has 23 heavy (non-hydrogen) atoms. The molecule has 0 radical (unpaired) electrons. The molecule has 0 aromatic heterocycles. The van der Waals surface area contributed by atoms with Crippen LogP contribution in [0.15, 0.2) is 11.0 Å². The van der Waals surface area contributed by atoms with Gasteiger partial charge in [0.25, 0.3) is 5.91 Å². The average molecular weight is 337 g/mol. The molecule has 1 heterocycles. The molecule has 1 aliphatic carbocycles. The molecule has 1 saturated heterocycles. The van der Waals surface area contributed by atoms with E-state index in [1.165, 1.54) is 11.8 Å². The van der Waals surface area contributed by atoms with Gasteiger partial charge in [0.2, 0.25) is 0 Å². The highest BCUT2D eigenvalue weighted by atomic mass is 32.2. The minimum Gasteiger partial charge on any atom is -0.443 e. The first-order chi connectivity index (χ1) is 10.8. The summed E-state index contributed by atoms with van der Waals surface area (Å²) in [4.78, 5) is 36.5. The maximum absolute atomic E-state index is 12.2. The van der Waals surface area contributed by atoms with Crippen molar-refractivity contribution in [2.45, 2.75) is 20.8 Å². The van der Waals surface area contributed by atoms with Crippen molar-refractivity contribution in [1.29, 1.82) is 5.26 Å². The van der Waals surface area contributed by atoms with Gasteiger partial charge in [-0.25, -0.2) is 9.69 Å². The highest BCUT2D eigenvalue weighted by Crippen LogP contribution is 2.60. The van der Waals surface area contributed by atoms with E-state index in [4.69, 9.17) is 10.00 Å². The number of amides is 3. The van der Waals surface area contributed by atoms with Gasteiger partial charge < -0.3 is 10.1 Å². The number of esters is 1. The fourth-order valence-corrected chi connectivity index (χ4v) is 3.30. The zero-order valence-electron chi connectivity index (χ0n) is 13.3. The third kappa shape index (κ3) is 3.50. The molecule has 1 aliphatic heterocycles. The van der Waals surface area contributed by atoms with Crippen molar-refractivity contribution in [3.63, 3.8) is 0 Å². The Hall–Kier alpha value is -2.01. The van der Waals surface area contributed by atoms with Crippen LogP contribution in [0.2, 0.25) is 0 Å². The van der Waals surface area contributed by atoms with Crippen LogP contribution in [0.25, 0.3) is 0 Å². The smallest absolute Gasteiger partial charge is 0.327 e. The lowest BCUT2D eigenvalue weighted by Gasteiger charge is -2.12. The van der Waals surface area contributed by atoms with Crippen molar-refractivity contribution in [1.82, 2.24) is 10.2 Å². The number of urea groups is 1. The molecule has 3 amide bonds. The first-order valence-corrected chi connectivity index (χ1v) is 8.31. The number of imide groups is 1. The molecule has 0 aromatic carbocycles. The van der Waals surface area contributed by atoms with Crippen LogP contribution in [0.5, 0.6) is 0 Å². The molecule has 0 aromatic rings. The largest absolute Gasteiger partial charge is 0.443 e. The molecule has 8 heteroatoms. The molecule has 0 spiro atoms. The van der Waals surface area contributed by atoms with Crippen molar-refractivity contribution in [3.05, 3.63) is 11.0 Å². The zero-order chi connectivity index (χ0) is 17.2. The van der Waals surface area contributed by atoms with Gasteiger partial charge in [0, 0.05) is 0 Å². The van der Waals surface area contributed by atoms with E-state index < -0.39 is 17.9 Å². The van der Waals surface area contributed by atoms with Crippen LogP contribution in [0, 0.1) is 28.6 Å². The normalized spacial score (nSPS) is 25.8. The van der Waals surface area contributed by atoms with E-state index in [9.17, 15) is 14.4 Å². The number of hydrogen-bond acceptors (Lipinski definition) is 6. The second-order valence-electron chi connectivity index (χ2n) is 5.97. The van der Waals surface area contributed by atoms with E-state index in [0.29, 0.717) is 4.91 Å². The summed E-state index contributed by atoms with van der Waals surface area (Å²) in [5.41, 5.74) is -0.301. The third-order valence-electron chi connectivity index (χ3n) is 4.18. The lowest BCUT2D eigenvalue weighted by molar-refractivity contribution is -0.151. The van der Waals surface area contributed by atoms with E-state index in [1.54, 1.807) is 0 Å². The number of ether oxygens (including phenoxy) is 1. The molecular formula is C15H19N3O4S. The van der Waals surface area contributed by atoms with Gasteiger partial charge >= 0.3 is 12.0 Å². The molecule has 2 atom stereocenters. The molecule has 0 bridgehead atoms. The quantitative estimate of drug-likeness (QED) is 0.448. The minimum atomic E-state index is -0.555. The number of thioether (sulfide) groups is 1. The van der Waals surface area contributed by atoms with Crippen LogP contribution in [0.4, 0.5) is 4.79 Å². The Labute approximate surface area is 139 Å². The zero-order valence-corrected chi connectivity index (χ0v) is 14.1. The molecule has 2 fully saturated rings. The summed E-state index contributed by atoms with van der Waals surface area (Å²) in [6.07, 6.45) is 1.81. The fourth-order valence-electron chi connectivity index (χ4n) is 2.68. The highest BCUT2D eigenvalue weighted by Gasteiger charge is 2.61. The summed E-state index contributed by atoms with van der Waals surface area (Å²) in [6.45, 7) is 5.37. The Bertz CT molecular complexity index is 592. The van der Waals surface area contributed by atoms with E-state index in [1.807, 2.05) is 26.8 Å². The Morgan fingerprint density at radius 2 is 2.26 bits per heavy atom. The first kappa shape index (κ1) is 17.3. The Morgan fingerprint density at radius 1 is 1.57 bits per heavy atom. The lowest BCUT2D eigenvalue weighted by Crippen LogP contribution is -2.34. The number of nitriles is 1. The summed E-state index contributed by atoms with van der Waals surface area (Å²) in [5, 5.41) is 11.4. The van der Waals surface area contributed by atoms with Gasteiger partial charge in [-0.05, 0) is 17.1 Å². The topological polar surface area (TPSA) is 99.5 Å². The Morgan fingerprint density at radius 3 is 2.78 bits per heavy atom. The van der Waals surface area contributed by atoms with Gasteiger partial charge in [-0.15, -0.1) is 11.8 Å². The van der Waals surface area contributed by atoms with Crippen LogP contribution in [-0.2, 0) is 14.3 Å². The van der Waals surface area contributed by atoms with Crippen LogP contribution >= 0.6 is 11.8 Å². The number of nitrogens with one attached hydrogen (secondary N) is 1. The standard InChI is InChI=1S/C15H19N3O4S/c1-4-23-9(6-16)5-10-12(15(10,2)3)13(20)22-8-18-11(19)7-17-14(18)21/h5,10,12H,4,7-8H2,1-3H3,(H,17,21)/b9-5+/t10-,12+/m1/s1. The second-order valence-corrected chi connectivity index (χ2v) is 7.28. The van der Waals surface area contributed by atoms with Crippen molar-refractivity contribution < 1.29 is 19.1 Å². The number of allylic oxidation sites excluding steroid dienone is 2. The summed E-state index contributed by atoms with van der Waals surface area (Å²) >= 11 is 1.44. The maximum Gasteiger partial charge on any atom is 0.327 e. The lowest BCUT2D eigenvalue weighted by atomic mass is 10.1. The highest BCUT2D eigenvalue weighted by molar-refractivity contribution is 8.03. The molecule has 124 valence electrons. The summed E-state index contributed by atoms with van der Waals surface area (Å²) in [6, 6.07) is 1.57. The van der Waals surface area contributed by atoms with Crippen molar-refractivity contribution in [3.8, 4) is 6.07 Å². The van der Waals surface area contributed by atoms with Crippen molar-refractivity contribution in [2.24, 2.45) is 17.3 Å². The van der Waals surface area contributed by atoms with Crippen LogP contribution < -0.4 is 5.32 Å². The molecule has 2 aliphatic rings. The third-order valence-corrected chi connectivity index (χ3v) is 5.01. The maximum atomic E-state index is 12.2. The van der Waals surface area contributed by atoms with Crippen molar-refractivity contribution in [2.75, 3.05) is 19.0 Å². The molecule has 1 N–H and O–H groups in total. The van der Waals surface area contributed by atoms with Gasteiger partial charge in [-0.2, -0.15) is 5.26 Å². The summed E-state index contributed by atoms with van der Waals surface area (Å²) in [5.74, 6) is -0.535. The second kappa shape index (κ2) is 6.62. The predicted molar refractivity (Wildman–Crippen MR) is 83.8 cm³/mol. The van der Waals surface area contributed by atoms with Gasteiger partial charge in [-0.1, -0.05) is 26.8 Å². The van der Waals surface area contributed by atoms with Crippen molar-refractivity contribution >= 4 is 29.7 Å². The summed E-state index contributed by atoms with van der Waals surface area (Å²) in [7, 11) is 0. The number of hydrogen-bond donors (Lipinski definition) is 1. The van der Waals surface area contributed by atoms with Crippen LogP contribution in [0.3, 0.4) is 0 Å². The van der Waals surface area contributed by atoms with E-state index in [0.717, 1.165) is 10.7 Å². The predicted octanol–water partition coefficient (Wildman–Crippen LogP) is 1.47. The van der Waals surface area contributed by atoms with Crippen LogP contribution in [-0.4, -0.2) is 41.8 Å². The minimum absolute atomic E-state index is 0.0730. The SMILES string of the molecule is CCS/C(C#N)=C/[C@@H]1[C@@H](C(=O)OCN2C(=O)CNC2=O)C1(C)C. The molecule has 2 rings (SSSR count). The van der Waals surface area contributed by atoms with Crippen LogP contribution in [0.1, 0.15) is 20.8 Å². The summed E-state index contributed by atoms with van der Waals surface area (Å²) < 4.78 is 5.12. The number of rotatable bonds is 6. The fraction of sp³-hybridized carbons (Fsp3) is 0.600. The van der Waals surface area contributed by atoms with Gasteiger partial charge in [0.15, 0.2) is 6.73 Å².